The minimum absolute atomic E-state index is 0.512. The predicted octanol–water partition coefficient (Wildman–Crippen LogP) is 5.24. The van der Waals surface area contributed by atoms with E-state index in [9.17, 15) is 0 Å². The summed E-state index contributed by atoms with van der Waals surface area (Å²) in [6, 6.07) is 12.4. The lowest BCUT2D eigenvalue weighted by atomic mass is 10.1. The number of aryl methyl sites for hydroxylation is 2. The van der Waals surface area contributed by atoms with Crippen LogP contribution in [0.5, 0.6) is 5.75 Å². The molecule has 0 saturated heterocycles. The second-order valence-electron chi connectivity index (χ2n) is 5.00. The second-order valence-corrected chi connectivity index (χ2v) is 5.92. The highest BCUT2D eigenvalue weighted by atomic mass is 79.9. The highest BCUT2D eigenvalue weighted by Crippen LogP contribution is 2.25. The zero-order valence-corrected chi connectivity index (χ0v) is 14.0. The third-order valence-electron chi connectivity index (χ3n) is 3.37. The van der Waals surface area contributed by atoms with Gasteiger partial charge in [-0.1, -0.05) is 34.7 Å². The van der Waals surface area contributed by atoms with Gasteiger partial charge >= 0.3 is 0 Å². The Morgan fingerprint density at radius 1 is 1.14 bits per heavy atom. The second kappa shape index (κ2) is 7.32. The molecule has 0 saturated carbocycles. The fraction of sp³-hybridized carbons (Fsp3) is 0.222. The lowest BCUT2D eigenvalue weighted by molar-refractivity contribution is 0.359. The van der Waals surface area contributed by atoms with E-state index in [1.165, 1.54) is 11.1 Å². The Balaban J connectivity index is 2.12. The Hall–Kier alpha value is -1.74. The van der Waals surface area contributed by atoms with Crippen molar-refractivity contribution >= 4 is 21.6 Å². The van der Waals surface area contributed by atoms with E-state index in [0.29, 0.717) is 13.2 Å². The molecule has 0 radical (unpaired) electrons. The Kier molecular flexibility index (Phi) is 5.45. The van der Waals surface area contributed by atoms with E-state index in [4.69, 9.17) is 4.74 Å². The molecule has 2 rings (SSSR count). The van der Waals surface area contributed by atoms with Gasteiger partial charge in [-0.15, -0.1) is 0 Å². The van der Waals surface area contributed by atoms with Crippen molar-refractivity contribution < 1.29 is 4.74 Å². The highest BCUT2D eigenvalue weighted by Gasteiger charge is 2.05. The SMILES string of the molecule is C=CCOc1ccc(Br)cc1CNc1ccc(C)c(C)c1. The molecule has 110 valence electrons. The topological polar surface area (TPSA) is 21.3 Å². The van der Waals surface area contributed by atoms with Crippen molar-refractivity contribution in [3.8, 4) is 5.75 Å². The first-order valence-electron chi connectivity index (χ1n) is 6.93. The first kappa shape index (κ1) is 15.6. The molecular formula is C18H20BrNO. The van der Waals surface area contributed by atoms with Gasteiger partial charge in [0.1, 0.15) is 12.4 Å². The minimum atomic E-state index is 0.512. The largest absolute Gasteiger partial charge is 0.489 e. The molecule has 0 unspecified atom stereocenters. The summed E-state index contributed by atoms with van der Waals surface area (Å²) in [6.07, 6.45) is 1.75. The Morgan fingerprint density at radius 2 is 1.95 bits per heavy atom. The van der Waals surface area contributed by atoms with E-state index in [-0.39, 0.29) is 0 Å². The van der Waals surface area contributed by atoms with Crippen molar-refractivity contribution in [1.82, 2.24) is 0 Å². The van der Waals surface area contributed by atoms with Gasteiger partial charge in [-0.2, -0.15) is 0 Å². The highest BCUT2D eigenvalue weighted by molar-refractivity contribution is 9.10. The maximum atomic E-state index is 5.69. The van der Waals surface area contributed by atoms with Gasteiger partial charge in [-0.3, -0.25) is 0 Å². The van der Waals surface area contributed by atoms with Gasteiger partial charge in [0.2, 0.25) is 0 Å². The van der Waals surface area contributed by atoms with Crippen LogP contribution in [0, 0.1) is 13.8 Å². The normalized spacial score (nSPS) is 10.2. The molecule has 0 spiro atoms. The van der Waals surface area contributed by atoms with Crippen molar-refractivity contribution in [2.45, 2.75) is 20.4 Å². The number of hydrogen-bond donors (Lipinski definition) is 1. The maximum Gasteiger partial charge on any atom is 0.124 e. The van der Waals surface area contributed by atoms with Crippen LogP contribution in [0.15, 0.2) is 53.5 Å². The van der Waals surface area contributed by atoms with Crippen LogP contribution in [0.2, 0.25) is 0 Å². The minimum Gasteiger partial charge on any atom is -0.489 e. The van der Waals surface area contributed by atoms with Gasteiger partial charge in [0, 0.05) is 22.3 Å². The lowest BCUT2D eigenvalue weighted by Crippen LogP contribution is -2.04. The molecule has 0 fully saturated rings. The van der Waals surface area contributed by atoms with Crippen molar-refractivity contribution in [3.63, 3.8) is 0 Å². The average molecular weight is 346 g/mol. The molecular weight excluding hydrogens is 326 g/mol. The standard InChI is InChI=1S/C18H20BrNO/c1-4-9-21-18-8-6-16(19)11-15(18)12-20-17-7-5-13(2)14(3)10-17/h4-8,10-11,20H,1,9,12H2,2-3H3. The fourth-order valence-corrected chi connectivity index (χ4v) is 2.43. The molecule has 3 heteroatoms. The summed E-state index contributed by atoms with van der Waals surface area (Å²) in [5, 5.41) is 3.45. The molecule has 0 aliphatic rings. The molecule has 0 atom stereocenters. The average Bonchev–Trinajstić information content (AvgIpc) is 2.47. The summed E-state index contributed by atoms with van der Waals surface area (Å²) >= 11 is 3.51. The van der Waals surface area contributed by atoms with Crippen LogP contribution in [-0.2, 0) is 6.54 Å². The monoisotopic (exact) mass is 345 g/mol. The van der Waals surface area contributed by atoms with Crippen LogP contribution < -0.4 is 10.1 Å². The van der Waals surface area contributed by atoms with E-state index < -0.39 is 0 Å². The van der Waals surface area contributed by atoms with Crippen LogP contribution in [0.4, 0.5) is 5.69 Å². The van der Waals surface area contributed by atoms with Gasteiger partial charge in [-0.05, 0) is 55.3 Å². The molecule has 0 heterocycles. The molecule has 0 amide bonds. The molecule has 2 nitrogen and oxygen atoms in total. The van der Waals surface area contributed by atoms with Crippen molar-refractivity contribution in [2.24, 2.45) is 0 Å². The smallest absolute Gasteiger partial charge is 0.124 e. The summed E-state index contributed by atoms with van der Waals surface area (Å²) in [7, 11) is 0. The van der Waals surface area contributed by atoms with E-state index in [1.54, 1.807) is 6.08 Å². The first-order chi connectivity index (χ1) is 10.1. The Bertz CT molecular complexity index is 637. The van der Waals surface area contributed by atoms with E-state index in [2.05, 4.69) is 65.9 Å². The molecule has 0 bridgehead atoms. The van der Waals surface area contributed by atoms with E-state index >= 15 is 0 Å². The Morgan fingerprint density at radius 3 is 2.67 bits per heavy atom. The van der Waals surface area contributed by atoms with Crippen LogP contribution in [0.1, 0.15) is 16.7 Å². The van der Waals surface area contributed by atoms with Crippen LogP contribution in [-0.4, -0.2) is 6.61 Å². The maximum absolute atomic E-state index is 5.69. The summed E-state index contributed by atoms with van der Waals surface area (Å²) < 4.78 is 6.74. The molecule has 2 aromatic carbocycles. The molecule has 0 aromatic heterocycles. The molecule has 1 N–H and O–H groups in total. The Labute approximate surface area is 135 Å². The molecule has 0 aliphatic heterocycles. The van der Waals surface area contributed by atoms with E-state index in [1.807, 2.05) is 12.1 Å². The zero-order chi connectivity index (χ0) is 15.2. The molecule has 21 heavy (non-hydrogen) atoms. The predicted molar refractivity (Wildman–Crippen MR) is 93.1 cm³/mol. The van der Waals surface area contributed by atoms with Crippen LogP contribution in [0.25, 0.3) is 0 Å². The van der Waals surface area contributed by atoms with Crippen molar-refractivity contribution in [1.29, 1.82) is 0 Å². The zero-order valence-electron chi connectivity index (χ0n) is 12.4. The summed E-state index contributed by atoms with van der Waals surface area (Å²) in [6.45, 7) is 9.16. The first-order valence-corrected chi connectivity index (χ1v) is 7.72. The number of rotatable bonds is 6. The van der Waals surface area contributed by atoms with Crippen molar-refractivity contribution in [3.05, 3.63) is 70.2 Å². The number of benzene rings is 2. The summed E-state index contributed by atoms with van der Waals surface area (Å²) in [5.41, 5.74) is 4.83. The van der Waals surface area contributed by atoms with Gasteiger partial charge in [0.05, 0.1) is 0 Å². The number of anilines is 1. The quantitative estimate of drug-likeness (QED) is 0.722. The molecule has 0 aliphatic carbocycles. The fourth-order valence-electron chi connectivity index (χ4n) is 2.02. The van der Waals surface area contributed by atoms with Crippen LogP contribution >= 0.6 is 15.9 Å². The van der Waals surface area contributed by atoms with Gasteiger partial charge < -0.3 is 10.1 Å². The summed E-state index contributed by atoms with van der Waals surface area (Å²) in [4.78, 5) is 0. The number of ether oxygens (including phenoxy) is 1. The van der Waals surface area contributed by atoms with Gasteiger partial charge in [-0.25, -0.2) is 0 Å². The number of hydrogen-bond acceptors (Lipinski definition) is 2. The third-order valence-corrected chi connectivity index (χ3v) is 3.86. The van der Waals surface area contributed by atoms with Gasteiger partial charge in [0.25, 0.3) is 0 Å². The molecule has 2 aromatic rings. The van der Waals surface area contributed by atoms with E-state index in [0.717, 1.165) is 21.5 Å². The third kappa shape index (κ3) is 4.36. The van der Waals surface area contributed by atoms with Crippen molar-refractivity contribution in [2.75, 3.05) is 11.9 Å². The summed E-state index contributed by atoms with van der Waals surface area (Å²) in [5.74, 6) is 0.884. The number of halogens is 1. The number of nitrogens with one attached hydrogen (secondary N) is 1. The lowest BCUT2D eigenvalue weighted by Gasteiger charge is -2.13. The van der Waals surface area contributed by atoms with Crippen LogP contribution in [0.3, 0.4) is 0 Å². The van der Waals surface area contributed by atoms with Gasteiger partial charge in [0.15, 0.2) is 0 Å².